The minimum absolute atomic E-state index is 0.0229. The Labute approximate surface area is 213 Å². The predicted octanol–water partition coefficient (Wildman–Crippen LogP) is 7.43. The molecule has 4 nitrogen and oxygen atoms in total. The first-order valence-electron chi connectivity index (χ1n) is 11.8. The highest BCUT2D eigenvalue weighted by Crippen LogP contribution is 2.34. The zero-order valence-corrected chi connectivity index (χ0v) is 20.7. The molecule has 37 heavy (non-hydrogen) atoms. The van der Waals surface area contributed by atoms with E-state index in [-0.39, 0.29) is 12.2 Å². The SMILES string of the molecule is CCc1ccc(Oc2ccc(-c3cc(C(F)(F)F)c(C#N)c(=O)n3Cc3ccc(C)cc3C)cc2)cc1. The van der Waals surface area contributed by atoms with Crippen LogP contribution in [0.2, 0.25) is 0 Å². The van der Waals surface area contributed by atoms with Gasteiger partial charge in [-0.2, -0.15) is 18.4 Å². The van der Waals surface area contributed by atoms with Crippen LogP contribution in [-0.4, -0.2) is 4.57 Å². The monoisotopic (exact) mass is 502 g/mol. The summed E-state index contributed by atoms with van der Waals surface area (Å²) in [5.41, 5.74) is 1.18. The summed E-state index contributed by atoms with van der Waals surface area (Å²) in [7, 11) is 0. The third-order valence-corrected chi connectivity index (χ3v) is 6.26. The Balaban J connectivity index is 1.80. The molecule has 3 aromatic carbocycles. The van der Waals surface area contributed by atoms with Crippen molar-refractivity contribution in [2.24, 2.45) is 0 Å². The Hall–Kier alpha value is -4.31. The van der Waals surface area contributed by atoms with Gasteiger partial charge < -0.3 is 9.30 Å². The van der Waals surface area contributed by atoms with Crippen molar-refractivity contribution >= 4 is 0 Å². The summed E-state index contributed by atoms with van der Waals surface area (Å²) in [6, 6.07) is 22.1. The van der Waals surface area contributed by atoms with E-state index < -0.39 is 22.9 Å². The van der Waals surface area contributed by atoms with Crippen molar-refractivity contribution in [2.75, 3.05) is 0 Å². The maximum absolute atomic E-state index is 13.8. The molecule has 0 spiro atoms. The molecule has 0 aliphatic rings. The third-order valence-electron chi connectivity index (χ3n) is 6.26. The number of hydrogen-bond acceptors (Lipinski definition) is 3. The molecule has 0 unspecified atom stereocenters. The van der Waals surface area contributed by atoms with Crippen molar-refractivity contribution in [3.05, 3.63) is 117 Å². The first-order chi connectivity index (χ1) is 17.6. The van der Waals surface area contributed by atoms with Gasteiger partial charge in [0.15, 0.2) is 0 Å². The molecule has 0 aliphatic heterocycles. The van der Waals surface area contributed by atoms with Crippen LogP contribution in [0.3, 0.4) is 0 Å². The van der Waals surface area contributed by atoms with E-state index in [9.17, 15) is 23.2 Å². The van der Waals surface area contributed by atoms with Crippen LogP contribution in [0.25, 0.3) is 11.3 Å². The van der Waals surface area contributed by atoms with E-state index in [0.29, 0.717) is 17.1 Å². The van der Waals surface area contributed by atoms with Gasteiger partial charge >= 0.3 is 6.18 Å². The summed E-state index contributed by atoms with van der Waals surface area (Å²) in [4.78, 5) is 13.2. The normalized spacial score (nSPS) is 11.3. The van der Waals surface area contributed by atoms with E-state index in [1.54, 1.807) is 24.3 Å². The summed E-state index contributed by atoms with van der Waals surface area (Å²) in [5, 5.41) is 9.44. The average molecular weight is 503 g/mol. The molecule has 7 heteroatoms. The van der Waals surface area contributed by atoms with Crippen LogP contribution < -0.4 is 10.3 Å². The summed E-state index contributed by atoms with van der Waals surface area (Å²) >= 11 is 0. The lowest BCUT2D eigenvalue weighted by Crippen LogP contribution is -2.29. The lowest BCUT2D eigenvalue weighted by molar-refractivity contribution is -0.137. The summed E-state index contributed by atoms with van der Waals surface area (Å²) in [5.74, 6) is 1.13. The second kappa shape index (κ2) is 10.4. The van der Waals surface area contributed by atoms with Crippen LogP contribution in [0.1, 0.15) is 40.3 Å². The molecule has 0 saturated carbocycles. The molecular formula is C30H25F3N2O2. The Morgan fingerprint density at radius 1 is 0.919 bits per heavy atom. The van der Waals surface area contributed by atoms with Crippen LogP contribution in [0, 0.1) is 25.2 Å². The van der Waals surface area contributed by atoms with E-state index in [2.05, 4.69) is 6.92 Å². The van der Waals surface area contributed by atoms with Crippen LogP contribution in [0.15, 0.2) is 77.6 Å². The van der Waals surface area contributed by atoms with Gasteiger partial charge in [-0.1, -0.05) is 42.8 Å². The second-order valence-corrected chi connectivity index (χ2v) is 8.87. The third kappa shape index (κ3) is 5.59. The van der Waals surface area contributed by atoms with Gasteiger partial charge in [0.1, 0.15) is 23.1 Å². The van der Waals surface area contributed by atoms with Gasteiger partial charge in [-0.25, -0.2) is 0 Å². The van der Waals surface area contributed by atoms with E-state index in [0.717, 1.165) is 29.2 Å². The molecule has 4 aromatic rings. The zero-order valence-electron chi connectivity index (χ0n) is 20.7. The molecule has 0 atom stereocenters. The van der Waals surface area contributed by atoms with Gasteiger partial charge in [0.05, 0.1) is 17.8 Å². The zero-order chi connectivity index (χ0) is 26.7. The second-order valence-electron chi connectivity index (χ2n) is 8.87. The molecule has 1 heterocycles. The Morgan fingerprint density at radius 2 is 1.54 bits per heavy atom. The predicted molar refractivity (Wildman–Crippen MR) is 137 cm³/mol. The summed E-state index contributed by atoms with van der Waals surface area (Å²) in [6.45, 7) is 5.89. The number of aromatic nitrogens is 1. The topological polar surface area (TPSA) is 55.0 Å². The molecule has 0 bridgehead atoms. The lowest BCUT2D eigenvalue weighted by atomic mass is 10.0. The largest absolute Gasteiger partial charge is 0.457 e. The molecule has 1 aromatic heterocycles. The van der Waals surface area contributed by atoms with Gasteiger partial charge in [0.25, 0.3) is 5.56 Å². The van der Waals surface area contributed by atoms with Crippen molar-refractivity contribution in [1.29, 1.82) is 5.26 Å². The molecule has 4 rings (SSSR count). The molecule has 0 fully saturated rings. The smallest absolute Gasteiger partial charge is 0.417 e. The number of ether oxygens (including phenoxy) is 1. The molecule has 188 valence electrons. The molecule has 0 aliphatic carbocycles. The Bertz CT molecular complexity index is 1530. The highest BCUT2D eigenvalue weighted by Gasteiger charge is 2.36. The van der Waals surface area contributed by atoms with Gasteiger partial charge in [0, 0.05) is 0 Å². The van der Waals surface area contributed by atoms with E-state index in [1.165, 1.54) is 16.2 Å². The minimum Gasteiger partial charge on any atom is -0.457 e. The Kier molecular flexibility index (Phi) is 7.21. The number of halogens is 3. The fourth-order valence-electron chi connectivity index (χ4n) is 4.19. The van der Waals surface area contributed by atoms with Crippen molar-refractivity contribution < 1.29 is 17.9 Å². The van der Waals surface area contributed by atoms with Gasteiger partial charge in [-0.15, -0.1) is 0 Å². The highest BCUT2D eigenvalue weighted by atomic mass is 19.4. The first kappa shape index (κ1) is 25.8. The standard InChI is InChI=1S/C30H25F3N2O2/c1-4-21-6-11-24(12-7-21)37-25-13-9-22(10-14-25)28-16-27(30(31,32)33)26(17-34)29(36)35(28)18-23-8-5-19(2)15-20(23)3/h5-16H,4,18H2,1-3H3. The molecule has 0 amide bonds. The minimum atomic E-state index is -4.86. The van der Waals surface area contributed by atoms with Crippen molar-refractivity contribution in [3.63, 3.8) is 0 Å². The quantitative estimate of drug-likeness (QED) is 0.276. The van der Waals surface area contributed by atoms with Crippen LogP contribution in [0.4, 0.5) is 13.2 Å². The maximum Gasteiger partial charge on any atom is 0.417 e. The summed E-state index contributed by atoms with van der Waals surface area (Å²) in [6.07, 6.45) is -3.95. The molecular weight excluding hydrogens is 477 g/mol. The van der Waals surface area contributed by atoms with E-state index in [4.69, 9.17) is 4.74 Å². The number of nitrogens with zero attached hydrogens (tertiary/aromatic N) is 2. The van der Waals surface area contributed by atoms with Crippen LogP contribution in [-0.2, 0) is 19.1 Å². The van der Waals surface area contributed by atoms with Crippen LogP contribution >= 0.6 is 0 Å². The fourth-order valence-corrected chi connectivity index (χ4v) is 4.19. The maximum atomic E-state index is 13.8. The number of hydrogen-bond donors (Lipinski definition) is 0. The average Bonchev–Trinajstić information content (AvgIpc) is 2.86. The van der Waals surface area contributed by atoms with Crippen molar-refractivity contribution in [1.82, 2.24) is 4.57 Å². The lowest BCUT2D eigenvalue weighted by Gasteiger charge is -2.19. The number of alkyl halides is 3. The van der Waals surface area contributed by atoms with Gasteiger partial charge in [-0.3, -0.25) is 4.79 Å². The van der Waals surface area contributed by atoms with Crippen LogP contribution in [0.5, 0.6) is 11.5 Å². The summed E-state index contributed by atoms with van der Waals surface area (Å²) < 4.78 is 48.6. The number of pyridine rings is 1. The van der Waals surface area contributed by atoms with Crippen molar-refractivity contribution in [3.8, 4) is 28.8 Å². The van der Waals surface area contributed by atoms with E-state index >= 15 is 0 Å². The molecule has 0 saturated heterocycles. The van der Waals surface area contributed by atoms with Gasteiger partial charge in [0.2, 0.25) is 0 Å². The number of aryl methyl sites for hydroxylation is 3. The molecule has 0 radical (unpaired) electrons. The Morgan fingerprint density at radius 3 is 2.08 bits per heavy atom. The first-order valence-corrected chi connectivity index (χ1v) is 11.8. The van der Waals surface area contributed by atoms with E-state index in [1.807, 2.05) is 56.3 Å². The van der Waals surface area contributed by atoms with Crippen molar-refractivity contribution in [2.45, 2.75) is 39.9 Å². The highest BCUT2D eigenvalue weighted by molar-refractivity contribution is 5.64. The number of benzene rings is 3. The number of nitriles is 1. The fraction of sp³-hybridized carbons (Fsp3) is 0.200. The van der Waals surface area contributed by atoms with Gasteiger partial charge in [-0.05, 0) is 85.0 Å². The number of rotatable bonds is 6. The molecule has 0 N–H and O–H groups in total.